The number of anilines is 2. The summed E-state index contributed by atoms with van der Waals surface area (Å²) in [7, 11) is 1.50. The number of carbonyl (C=O) groups excluding carboxylic acids is 2. The predicted octanol–water partition coefficient (Wildman–Crippen LogP) is 3.10. The number of nitrogens with one attached hydrogen (secondary N) is 1. The molecule has 3 rings (SSSR count). The monoisotopic (exact) mass is 360 g/mol. The van der Waals surface area contributed by atoms with Gasteiger partial charge in [-0.05, 0) is 30.3 Å². The van der Waals surface area contributed by atoms with E-state index in [1.807, 2.05) is 6.07 Å². The van der Waals surface area contributed by atoms with E-state index in [9.17, 15) is 9.59 Å². The lowest BCUT2D eigenvalue weighted by atomic mass is 10.2. The number of methoxy groups -OCH3 is 1. The van der Waals surface area contributed by atoms with Crippen LogP contribution in [0, 0.1) is 0 Å². The number of halogens is 1. The molecule has 1 heterocycles. The first-order valence-corrected chi connectivity index (χ1v) is 8.12. The summed E-state index contributed by atoms with van der Waals surface area (Å²) in [5, 5.41) is 3.21. The number of amides is 2. The van der Waals surface area contributed by atoms with Gasteiger partial charge in [-0.3, -0.25) is 14.5 Å². The fourth-order valence-electron chi connectivity index (χ4n) is 2.60. The van der Waals surface area contributed by atoms with Crippen molar-refractivity contribution in [2.45, 2.75) is 6.42 Å². The van der Waals surface area contributed by atoms with Crippen LogP contribution in [-0.2, 0) is 9.59 Å². The van der Waals surface area contributed by atoms with Crippen LogP contribution in [0.2, 0.25) is 5.02 Å². The Morgan fingerprint density at radius 2 is 2.12 bits per heavy atom. The van der Waals surface area contributed by atoms with Crippen molar-refractivity contribution >= 4 is 34.8 Å². The fourth-order valence-corrected chi connectivity index (χ4v) is 2.78. The molecule has 2 amide bonds. The van der Waals surface area contributed by atoms with Crippen LogP contribution in [0.15, 0.2) is 42.5 Å². The van der Waals surface area contributed by atoms with Gasteiger partial charge in [0.1, 0.15) is 18.0 Å². The number of nitrogens with zero attached hydrogens (tertiary/aromatic N) is 1. The van der Waals surface area contributed by atoms with Gasteiger partial charge in [0.2, 0.25) is 11.8 Å². The van der Waals surface area contributed by atoms with E-state index in [1.165, 1.54) is 12.0 Å². The minimum atomic E-state index is -0.356. The molecule has 0 bridgehead atoms. The first-order valence-electron chi connectivity index (χ1n) is 7.74. The van der Waals surface area contributed by atoms with E-state index >= 15 is 0 Å². The quantitative estimate of drug-likeness (QED) is 0.909. The van der Waals surface area contributed by atoms with E-state index in [-0.39, 0.29) is 31.4 Å². The lowest BCUT2D eigenvalue weighted by molar-refractivity contribution is -0.121. The number of rotatable bonds is 4. The molecular weight excluding hydrogens is 344 g/mol. The molecule has 1 aliphatic heterocycles. The SMILES string of the molecule is COc1ccc(Cl)cc1NC(=O)CN1C(=O)CCOc2ccccc21. The molecule has 2 aromatic rings. The minimum absolute atomic E-state index is 0.130. The zero-order valence-electron chi connectivity index (χ0n) is 13.6. The van der Waals surface area contributed by atoms with Gasteiger partial charge in [0.15, 0.2) is 0 Å². The third-order valence-electron chi connectivity index (χ3n) is 3.77. The first kappa shape index (κ1) is 17.1. The molecule has 0 aromatic heterocycles. The summed E-state index contributed by atoms with van der Waals surface area (Å²) in [6.45, 7) is 0.158. The summed E-state index contributed by atoms with van der Waals surface area (Å²) in [5.74, 6) is 0.550. The summed E-state index contributed by atoms with van der Waals surface area (Å²) in [6.07, 6.45) is 0.211. The van der Waals surface area contributed by atoms with Gasteiger partial charge in [-0.25, -0.2) is 0 Å². The Hall–Kier alpha value is -2.73. The van der Waals surface area contributed by atoms with E-state index in [0.717, 1.165) is 0 Å². The standard InChI is InChI=1S/C18H17ClN2O4/c1-24-15-7-6-12(19)10-13(15)20-17(22)11-21-14-4-2-3-5-16(14)25-9-8-18(21)23/h2-7,10H,8-9,11H2,1H3,(H,20,22). The second kappa shape index (κ2) is 7.44. The van der Waals surface area contributed by atoms with Gasteiger partial charge in [0.25, 0.3) is 0 Å². The Morgan fingerprint density at radius 1 is 1.32 bits per heavy atom. The molecule has 0 atom stereocenters. The zero-order valence-corrected chi connectivity index (χ0v) is 14.4. The van der Waals surface area contributed by atoms with Crippen LogP contribution in [0.3, 0.4) is 0 Å². The van der Waals surface area contributed by atoms with Crippen LogP contribution in [0.4, 0.5) is 11.4 Å². The van der Waals surface area contributed by atoms with Crippen LogP contribution >= 0.6 is 11.6 Å². The van der Waals surface area contributed by atoms with Crippen molar-refractivity contribution in [2.75, 3.05) is 30.5 Å². The lowest BCUT2D eigenvalue weighted by Crippen LogP contribution is -2.37. The van der Waals surface area contributed by atoms with E-state index in [1.54, 1.807) is 36.4 Å². The third kappa shape index (κ3) is 3.85. The number of ether oxygens (including phenoxy) is 2. The molecule has 0 radical (unpaired) electrons. The molecule has 0 saturated heterocycles. The van der Waals surface area contributed by atoms with Crippen molar-refractivity contribution in [1.29, 1.82) is 0 Å². The summed E-state index contributed by atoms with van der Waals surface area (Å²) >= 11 is 5.97. The highest BCUT2D eigenvalue weighted by atomic mass is 35.5. The topological polar surface area (TPSA) is 67.9 Å². The second-order valence-electron chi connectivity index (χ2n) is 5.44. The van der Waals surface area contributed by atoms with Gasteiger partial charge in [0, 0.05) is 5.02 Å². The molecule has 7 heteroatoms. The Morgan fingerprint density at radius 3 is 2.92 bits per heavy atom. The molecule has 25 heavy (non-hydrogen) atoms. The summed E-state index contributed by atoms with van der Waals surface area (Å²) in [4.78, 5) is 26.3. The molecule has 6 nitrogen and oxygen atoms in total. The lowest BCUT2D eigenvalue weighted by Gasteiger charge is -2.21. The molecule has 0 spiro atoms. The van der Waals surface area contributed by atoms with E-state index in [0.29, 0.717) is 27.9 Å². The molecule has 130 valence electrons. The number of hydrogen-bond donors (Lipinski definition) is 1. The smallest absolute Gasteiger partial charge is 0.244 e. The highest BCUT2D eigenvalue weighted by molar-refractivity contribution is 6.31. The zero-order chi connectivity index (χ0) is 17.8. The van der Waals surface area contributed by atoms with Crippen LogP contribution in [0.25, 0.3) is 0 Å². The largest absolute Gasteiger partial charge is 0.495 e. The molecule has 0 unspecified atom stereocenters. The van der Waals surface area contributed by atoms with Gasteiger partial charge in [0.05, 0.1) is 31.5 Å². The maximum atomic E-state index is 12.5. The molecule has 1 N–H and O–H groups in total. The minimum Gasteiger partial charge on any atom is -0.495 e. The van der Waals surface area contributed by atoms with Crippen molar-refractivity contribution in [2.24, 2.45) is 0 Å². The Kier molecular flexibility index (Phi) is 5.09. The van der Waals surface area contributed by atoms with Crippen LogP contribution in [0.1, 0.15) is 6.42 Å². The average molecular weight is 361 g/mol. The average Bonchev–Trinajstić information content (AvgIpc) is 2.75. The maximum absolute atomic E-state index is 12.5. The fraction of sp³-hybridized carbons (Fsp3) is 0.222. The number of carbonyl (C=O) groups is 2. The summed E-state index contributed by atoms with van der Waals surface area (Å²) in [6, 6.07) is 12.1. The van der Waals surface area contributed by atoms with Gasteiger partial charge in [-0.15, -0.1) is 0 Å². The number of benzene rings is 2. The van der Waals surface area contributed by atoms with Crippen molar-refractivity contribution in [3.05, 3.63) is 47.5 Å². The Balaban J connectivity index is 1.81. The first-order chi connectivity index (χ1) is 12.1. The maximum Gasteiger partial charge on any atom is 0.244 e. The Bertz CT molecular complexity index is 809. The number of hydrogen-bond acceptors (Lipinski definition) is 4. The van der Waals surface area contributed by atoms with E-state index in [2.05, 4.69) is 5.32 Å². The summed E-state index contributed by atoms with van der Waals surface area (Å²) < 4.78 is 10.8. The Labute approximate surface area is 150 Å². The van der Waals surface area contributed by atoms with Crippen molar-refractivity contribution in [1.82, 2.24) is 0 Å². The van der Waals surface area contributed by atoms with Gasteiger partial charge < -0.3 is 14.8 Å². The molecule has 0 fully saturated rings. The molecule has 2 aromatic carbocycles. The van der Waals surface area contributed by atoms with E-state index < -0.39 is 0 Å². The molecule has 1 aliphatic rings. The van der Waals surface area contributed by atoms with Gasteiger partial charge in [-0.2, -0.15) is 0 Å². The van der Waals surface area contributed by atoms with Crippen molar-refractivity contribution in [3.63, 3.8) is 0 Å². The van der Waals surface area contributed by atoms with Crippen LogP contribution in [-0.4, -0.2) is 32.1 Å². The van der Waals surface area contributed by atoms with Crippen molar-refractivity contribution < 1.29 is 19.1 Å². The highest BCUT2D eigenvalue weighted by Crippen LogP contribution is 2.31. The van der Waals surface area contributed by atoms with Crippen LogP contribution in [0.5, 0.6) is 11.5 Å². The second-order valence-corrected chi connectivity index (χ2v) is 5.88. The third-order valence-corrected chi connectivity index (χ3v) is 4.00. The molecule has 0 aliphatic carbocycles. The number of fused-ring (bicyclic) bond motifs is 1. The van der Waals surface area contributed by atoms with Gasteiger partial charge in [-0.1, -0.05) is 23.7 Å². The summed E-state index contributed by atoms with van der Waals surface area (Å²) in [5.41, 5.74) is 1.03. The molecular formula is C18H17ClN2O4. The van der Waals surface area contributed by atoms with Gasteiger partial charge >= 0.3 is 0 Å². The molecule has 0 saturated carbocycles. The number of para-hydroxylation sites is 2. The normalized spacial score (nSPS) is 13.5. The van der Waals surface area contributed by atoms with E-state index in [4.69, 9.17) is 21.1 Å². The van der Waals surface area contributed by atoms with Crippen molar-refractivity contribution in [3.8, 4) is 11.5 Å². The highest BCUT2D eigenvalue weighted by Gasteiger charge is 2.25. The van der Waals surface area contributed by atoms with Crippen LogP contribution < -0.4 is 19.7 Å². The predicted molar refractivity (Wildman–Crippen MR) is 95.5 cm³/mol.